The lowest BCUT2D eigenvalue weighted by molar-refractivity contribution is 0.102. The number of nitrogens with two attached hydrogens (primary N) is 1. The van der Waals surface area contributed by atoms with Crippen LogP contribution in [0, 0.1) is 5.82 Å². The highest BCUT2D eigenvalue weighted by molar-refractivity contribution is 6.05. The van der Waals surface area contributed by atoms with Gasteiger partial charge >= 0.3 is 0 Å². The summed E-state index contributed by atoms with van der Waals surface area (Å²) in [6.07, 6.45) is 0. The molecule has 0 saturated carbocycles. The summed E-state index contributed by atoms with van der Waals surface area (Å²) in [5.41, 5.74) is 6.99. The second kappa shape index (κ2) is 5.39. The van der Waals surface area contributed by atoms with Gasteiger partial charge in [-0.15, -0.1) is 0 Å². The van der Waals surface area contributed by atoms with Crippen LogP contribution in [0.25, 0.3) is 0 Å². The van der Waals surface area contributed by atoms with Gasteiger partial charge in [0, 0.05) is 17.3 Å². The molecule has 0 radical (unpaired) electrons. The van der Waals surface area contributed by atoms with Crippen LogP contribution < -0.4 is 15.8 Å². The van der Waals surface area contributed by atoms with E-state index in [1.807, 2.05) is 0 Å². The van der Waals surface area contributed by atoms with Crippen molar-refractivity contribution in [1.82, 2.24) is 0 Å². The van der Waals surface area contributed by atoms with Gasteiger partial charge in [-0.25, -0.2) is 4.39 Å². The van der Waals surface area contributed by atoms with Crippen LogP contribution in [0.2, 0.25) is 0 Å². The van der Waals surface area contributed by atoms with Gasteiger partial charge in [0.25, 0.3) is 5.91 Å². The molecule has 0 atom stereocenters. The van der Waals surface area contributed by atoms with Crippen molar-refractivity contribution in [2.75, 3.05) is 18.2 Å². The van der Waals surface area contributed by atoms with Crippen molar-refractivity contribution in [3.8, 4) is 5.75 Å². The predicted octanol–water partition coefficient (Wildman–Crippen LogP) is 2.67. The van der Waals surface area contributed by atoms with E-state index in [1.165, 1.54) is 25.3 Å². The summed E-state index contributed by atoms with van der Waals surface area (Å²) >= 11 is 0. The normalized spacial score (nSPS) is 10.0. The molecule has 0 saturated heterocycles. The molecule has 1 amide bonds. The highest BCUT2D eigenvalue weighted by Gasteiger charge is 2.10. The SMILES string of the molecule is COc1cc(F)ccc1NC(=O)c1ccc(N)cc1. The first kappa shape index (κ1) is 12.9. The number of rotatable bonds is 3. The van der Waals surface area contributed by atoms with Crippen molar-refractivity contribution in [3.05, 3.63) is 53.8 Å². The monoisotopic (exact) mass is 260 g/mol. The van der Waals surface area contributed by atoms with E-state index in [-0.39, 0.29) is 11.7 Å². The van der Waals surface area contributed by atoms with Crippen molar-refractivity contribution in [2.24, 2.45) is 0 Å². The maximum absolute atomic E-state index is 13.0. The largest absolute Gasteiger partial charge is 0.494 e. The molecule has 0 aliphatic heterocycles. The molecule has 4 nitrogen and oxygen atoms in total. The van der Waals surface area contributed by atoms with Crippen LogP contribution >= 0.6 is 0 Å². The van der Waals surface area contributed by atoms with Gasteiger partial charge in [-0.2, -0.15) is 0 Å². The van der Waals surface area contributed by atoms with Gasteiger partial charge in [-0.05, 0) is 36.4 Å². The second-order valence-electron chi connectivity index (χ2n) is 3.92. The fraction of sp³-hybridized carbons (Fsp3) is 0.0714. The number of methoxy groups -OCH3 is 1. The molecular formula is C14H13FN2O2. The van der Waals surface area contributed by atoms with Crippen LogP contribution in [0.4, 0.5) is 15.8 Å². The quantitative estimate of drug-likeness (QED) is 0.834. The Labute approximate surface area is 110 Å². The maximum Gasteiger partial charge on any atom is 0.255 e. The Hall–Kier alpha value is -2.56. The summed E-state index contributed by atoms with van der Waals surface area (Å²) < 4.78 is 18.0. The highest BCUT2D eigenvalue weighted by atomic mass is 19.1. The third kappa shape index (κ3) is 3.01. The van der Waals surface area contributed by atoms with Crippen molar-refractivity contribution >= 4 is 17.3 Å². The summed E-state index contributed by atoms with van der Waals surface area (Å²) in [6.45, 7) is 0. The Morgan fingerprint density at radius 1 is 1.21 bits per heavy atom. The van der Waals surface area contributed by atoms with Crippen molar-refractivity contribution in [2.45, 2.75) is 0 Å². The number of ether oxygens (including phenoxy) is 1. The molecule has 2 aromatic rings. The Balaban J connectivity index is 2.21. The second-order valence-corrected chi connectivity index (χ2v) is 3.92. The van der Waals surface area contributed by atoms with Crippen LogP contribution in [0.1, 0.15) is 10.4 Å². The summed E-state index contributed by atoms with van der Waals surface area (Å²) in [7, 11) is 1.41. The van der Waals surface area contributed by atoms with E-state index in [2.05, 4.69) is 5.32 Å². The van der Waals surface area contributed by atoms with E-state index in [9.17, 15) is 9.18 Å². The molecular weight excluding hydrogens is 247 g/mol. The van der Waals surface area contributed by atoms with Crippen LogP contribution in [-0.2, 0) is 0 Å². The fourth-order valence-electron chi connectivity index (χ4n) is 1.60. The van der Waals surface area contributed by atoms with E-state index < -0.39 is 5.82 Å². The molecule has 0 bridgehead atoms. The van der Waals surface area contributed by atoms with Crippen molar-refractivity contribution in [3.63, 3.8) is 0 Å². The molecule has 2 rings (SSSR count). The van der Waals surface area contributed by atoms with Gasteiger partial charge in [0.2, 0.25) is 0 Å². The van der Waals surface area contributed by atoms with Crippen LogP contribution in [0.15, 0.2) is 42.5 Å². The molecule has 3 N–H and O–H groups in total. The van der Waals surface area contributed by atoms with Gasteiger partial charge < -0.3 is 15.8 Å². The van der Waals surface area contributed by atoms with Crippen molar-refractivity contribution < 1.29 is 13.9 Å². The molecule has 19 heavy (non-hydrogen) atoms. The third-order valence-corrected chi connectivity index (χ3v) is 2.58. The molecule has 0 heterocycles. The maximum atomic E-state index is 13.0. The highest BCUT2D eigenvalue weighted by Crippen LogP contribution is 2.25. The summed E-state index contributed by atoms with van der Waals surface area (Å²) in [5.74, 6) is -0.476. The number of benzene rings is 2. The number of hydrogen-bond acceptors (Lipinski definition) is 3. The molecule has 0 spiro atoms. The van der Waals surface area contributed by atoms with Crippen molar-refractivity contribution in [1.29, 1.82) is 0 Å². The Kier molecular flexibility index (Phi) is 3.66. The molecule has 5 heteroatoms. The number of nitrogens with one attached hydrogen (secondary N) is 1. The first-order chi connectivity index (χ1) is 9.10. The molecule has 0 aromatic heterocycles. The summed E-state index contributed by atoms with van der Waals surface area (Å²) in [4.78, 5) is 12.0. The van der Waals surface area contributed by atoms with Gasteiger partial charge in [0.05, 0.1) is 12.8 Å². The van der Waals surface area contributed by atoms with Crippen LogP contribution in [0.5, 0.6) is 5.75 Å². The molecule has 2 aromatic carbocycles. The number of halogens is 1. The molecule has 0 unspecified atom stereocenters. The molecule has 0 fully saturated rings. The number of carbonyl (C=O) groups excluding carboxylic acids is 1. The first-order valence-electron chi connectivity index (χ1n) is 5.60. The summed E-state index contributed by atoms with van der Waals surface area (Å²) in [5, 5.41) is 2.65. The molecule has 0 aliphatic carbocycles. The first-order valence-corrected chi connectivity index (χ1v) is 5.60. The zero-order chi connectivity index (χ0) is 13.8. The van der Waals surface area contributed by atoms with Crippen LogP contribution in [0.3, 0.4) is 0 Å². The summed E-state index contributed by atoms with van der Waals surface area (Å²) in [6, 6.07) is 10.4. The lowest BCUT2D eigenvalue weighted by Crippen LogP contribution is -2.12. The lowest BCUT2D eigenvalue weighted by atomic mass is 10.2. The van der Waals surface area contributed by atoms with E-state index in [0.29, 0.717) is 16.9 Å². The Morgan fingerprint density at radius 2 is 1.89 bits per heavy atom. The van der Waals surface area contributed by atoms with Crippen LogP contribution in [-0.4, -0.2) is 13.0 Å². The van der Waals surface area contributed by atoms with E-state index in [1.54, 1.807) is 24.3 Å². The lowest BCUT2D eigenvalue weighted by Gasteiger charge is -2.10. The molecule has 0 aliphatic rings. The average molecular weight is 260 g/mol. The number of hydrogen-bond donors (Lipinski definition) is 2. The van der Waals surface area contributed by atoms with E-state index >= 15 is 0 Å². The van der Waals surface area contributed by atoms with Gasteiger partial charge in [0.1, 0.15) is 11.6 Å². The van der Waals surface area contributed by atoms with E-state index in [0.717, 1.165) is 0 Å². The van der Waals surface area contributed by atoms with Gasteiger partial charge in [0.15, 0.2) is 0 Å². The zero-order valence-electron chi connectivity index (χ0n) is 10.3. The number of nitrogen functional groups attached to an aromatic ring is 1. The number of carbonyl (C=O) groups is 1. The van der Waals surface area contributed by atoms with E-state index in [4.69, 9.17) is 10.5 Å². The Morgan fingerprint density at radius 3 is 2.53 bits per heavy atom. The Bertz CT molecular complexity index is 597. The molecule has 98 valence electrons. The van der Waals surface area contributed by atoms with Gasteiger partial charge in [-0.1, -0.05) is 0 Å². The minimum atomic E-state index is -0.428. The number of amides is 1. The minimum Gasteiger partial charge on any atom is -0.494 e. The van der Waals surface area contributed by atoms with Gasteiger partial charge in [-0.3, -0.25) is 4.79 Å². The minimum absolute atomic E-state index is 0.267. The smallest absolute Gasteiger partial charge is 0.255 e. The third-order valence-electron chi connectivity index (χ3n) is 2.58. The standard InChI is InChI=1S/C14H13FN2O2/c1-19-13-8-10(15)4-7-12(13)17-14(18)9-2-5-11(16)6-3-9/h2-8H,16H2,1H3,(H,17,18). The number of anilines is 2. The topological polar surface area (TPSA) is 64.3 Å². The zero-order valence-corrected chi connectivity index (χ0v) is 10.3. The fourth-order valence-corrected chi connectivity index (χ4v) is 1.60. The average Bonchev–Trinajstić information content (AvgIpc) is 2.41. The predicted molar refractivity (Wildman–Crippen MR) is 71.8 cm³/mol.